The van der Waals surface area contributed by atoms with Crippen molar-refractivity contribution in [2.75, 3.05) is 49.1 Å². The molecule has 0 spiro atoms. The van der Waals surface area contributed by atoms with Crippen molar-refractivity contribution in [3.63, 3.8) is 0 Å². The zero-order chi connectivity index (χ0) is 19.7. The minimum atomic E-state index is -2.54. The Bertz CT molecular complexity index is 809. The molecule has 0 amide bonds. The van der Waals surface area contributed by atoms with Crippen molar-refractivity contribution in [2.24, 2.45) is 7.05 Å². The number of nitrogens with zero attached hydrogens (tertiary/aromatic N) is 7. The van der Waals surface area contributed by atoms with E-state index in [9.17, 15) is 8.78 Å². The lowest BCUT2D eigenvalue weighted by atomic mass is 10.2. The lowest BCUT2D eigenvalue weighted by Gasteiger charge is -2.35. The predicted molar refractivity (Wildman–Crippen MR) is 104 cm³/mol. The molecular weight excluding hydrogens is 364 g/mol. The number of piperazine rings is 1. The van der Waals surface area contributed by atoms with Gasteiger partial charge in [-0.05, 0) is 19.8 Å². The number of hydrogen-bond donors (Lipinski definition) is 0. The lowest BCUT2D eigenvalue weighted by Crippen LogP contribution is -2.46. The van der Waals surface area contributed by atoms with Gasteiger partial charge in [0.25, 0.3) is 6.43 Å². The van der Waals surface area contributed by atoms with Crippen molar-refractivity contribution in [3.8, 4) is 0 Å². The number of alkyl halides is 2. The van der Waals surface area contributed by atoms with Gasteiger partial charge in [-0.15, -0.1) is 0 Å². The van der Waals surface area contributed by atoms with E-state index < -0.39 is 6.43 Å². The van der Waals surface area contributed by atoms with Gasteiger partial charge >= 0.3 is 0 Å². The second kappa shape index (κ2) is 7.98. The molecule has 7 nitrogen and oxygen atoms in total. The Hall–Kier alpha value is -2.29. The molecule has 9 heteroatoms. The van der Waals surface area contributed by atoms with Gasteiger partial charge in [-0.2, -0.15) is 10.1 Å². The van der Waals surface area contributed by atoms with Crippen molar-refractivity contribution in [3.05, 3.63) is 29.2 Å². The van der Waals surface area contributed by atoms with Crippen molar-refractivity contribution in [1.82, 2.24) is 24.6 Å². The highest BCUT2D eigenvalue weighted by Gasteiger charge is 2.24. The fourth-order valence-corrected chi connectivity index (χ4v) is 3.99. The van der Waals surface area contributed by atoms with Gasteiger partial charge in [0.1, 0.15) is 11.5 Å². The number of hydrogen-bond acceptors (Lipinski definition) is 6. The predicted octanol–water partition coefficient (Wildman–Crippen LogP) is 2.38. The van der Waals surface area contributed by atoms with E-state index in [4.69, 9.17) is 4.98 Å². The highest BCUT2D eigenvalue weighted by atomic mass is 19.3. The molecule has 0 bridgehead atoms. The molecule has 2 aliphatic rings. The molecule has 2 aliphatic heterocycles. The minimum absolute atomic E-state index is 0.109. The van der Waals surface area contributed by atoms with Crippen LogP contribution in [0, 0.1) is 6.92 Å². The fraction of sp³-hybridized carbons (Fsp3) is 0.632. The summed E-state index contributed by atoms with van der Waals surface area (Å²) in [6.07, 6.45) is 1.58. The first-order valence-electron chi connectivity index (χ1n) is 9.88. The van der Waals surface area contributed by atoms with Gasteiger partial charge in [0, 0.05) is 76.4 Å². The van der Waals surface area contributed by atoms with Gasteiger partial charge in [0.15, 0.2) is 0 Å². The van der Waals surface area contributed by atoms with Crippen LogP contribution in [0.15, 0.2) is 12.3 Å². The maximum Gasteiger partial charge on any atom is 0.282 e. The van der Waals surface area contributed by atoms with Gasteiger partial charge in [0.05, 0.1) is 0 Å². The Balaban J connectivity index is 1.40. The first-order chi connectivity index (χ1) is 13.5. The largest absolute Gasteiger partial charge is 0.356 e. The Morgan fingerprint density at radius 3 is 2.39 bits per heavy atom. The number of rotatable bonds is 5. The first kappa shape index (κ1) is 19.0. The third-order valence-electron chi connectivity index (χ3n) is 5.45. The average Bonchev–Trinajstić information content (AvgIpc) is 3.32. The molecule has 2 aromatic rings. The summed E-state index contributed by atoms with van der Waals surface area (Å²) in [5.41, 5.74) is 1.47. The minimum Gasteiger partial charge on any atom is -0.356 e. The van der Waals surface area contributed by atoms with Gasteiger partial charge in [-0.3, -0.25) is 9.58 Å². The molecule has 2 aromatic heterocycles. The van der Waals surface area contributed by atoms with Crippen LogP contribution in [0.4, 0.5) is 20.5 Å². The van der Waals surface area contributed by atoms with Crippen LogP contribution in [-0.4, -0.2) is 63.9 Å². The van der Waals surface area contributed by atoms with Crippen LogP contribution in [0.1, 0.15) is 36.2 Å². The van der Waals surface area contributed by atoms with Crippen molar-refractivity contribution in [1.29, 1.82) is 0 Å². The van der Waals surface area contributed by atoms with Crippen LogP contribution < -0.4 is 9.80 Å². The zero-order valence-corrected chi connectivity index (χ0v) is 16.5. The topological polar surface area (TPSA) is 53.3 Å². The molecule has 0 saturated carbocycles. The number of aryl methyl sites for hydroxylation is 2. The molecule has 0 aliphatic carbocycles. The Kier molecular flexibility index (Phi) is 5.43. The molecule has 0 N–H and O–H groups in total. The number of anilines is 2. The molecular formula is C19H27F2N7. The van der Waals surface area contributed by atoms with Gasteiger partial charge < -0.3 is 9.80 Å². The van der Waals surface area contributed by atoms with Crippen molar-refractivity contribution >= 4 is 11.8 Å². The summed E-state index contributed by atoms with van der Waals surface area (Å²) in [6, 6.07) is 2.05. The summed E-state index contributed by atoms with van der Waals surface area (Å²) in [7, 11) is 1.68. The van der Waals surface area contributed by atoms with Crippen LogP contribution >= 0.6 is 0 Å². The third kappa shape index (κ3) is 4.09. The SMILES string of the molecule is Cc1cc(N2CCCC2)nc(N2CCN(Cc3cn(C)nc3C(F)F)CC2)n1. The molecule has 2 fully saturated rings. The molecule has 152 valence electrons. The summed E-state index contributed by atoms with van der Waals surface area (Å²) in [6.45, 7) is 7.76. The van der Waals surface area contributed by atoms with Crippen LogP contribution in [-0.2, 0) is 13.6 Å². The van der Waals surface area contributed by atoms with E-state index >= 15 is 0 Å². The van der Waals surface area contributed by atoms with Gasteiger partial charge in [0.2, 0.25) is 5.95 Å². The van der Waals surface area contributed by atoms with Crippen molar-refractivity contribution in [2.45, 2.75) is 32.7 Å². The second-order valence-corrected chi connectivity index (χ2v) is 7.64. The molecule has 0 unspecified atom stereocenters. The van der Waals surface area contributed by atoms with E-state index in [-0.39, 0.29) is 5.69 Å². The Morgan fingerprint density at radius 1 is 1.00 bits per heavy atom. The molecule has 2 saturated heterocycles. The van der Waals surface area contributed by atoms with Gasteiger partial charge in [-0.25, -0.2) is 13.8 Å². The van der Waals surface area contributed by atoms with E-state index in [0.29, 0.717) is 12.1 Å². The molecule has 28 heavy (non-hydrogen) atoms. The van der Waals surface area contributed by atoms with Crippen LogP contribution in [0.2, 0.25) is 0 Å². The smallest absolute Gasteiger partial charge is 0.282 e. The normalized spacial score (nSPS) is 18.5. The van der Waals surface area contributed by atoms with E-state index in [0.717, 1.165) is 56.7 Å². The Morgan fingerprint density at radius 2 is 1.71 bits per heavy atom. The maximum absolute atomic E-state index is 13.2. The standard InChI is InChI=1S/C19H27F2N7/c1-14-11-16(27-5-3-4-6-27)23-19(22-14)28-9-7-26(8-10-28)13-15-12-25(2)24-17(15)18(20)21/h11-12,18H,3-10,13H2,1-2H3. The summed E-state index contributed by atoms with van der Waals surface area (Å²) in [5.74, 6) is 1.79. The number of aromatic nitrogens is 4. The van der Waals surface area contributed by atoms with Crippen LogP contribution in [0.3, 0.4) is 0 Å². The molecule has 0 atom stereocenters. The summed E-state index contributed by atoms with van der Waals surface area (Å²) in [4.78, 5) is 16.1. The maximum atomic E-state index is 13.2. The molecule has 0 aromatic carbocycles. The van der Waals surface area contributed by atoms with Crippen molar-refractivity contribution < 1.29 is 8.78 Å². The van der Waals surface area contributed by atoms with E-state index in [1.165, 1.54) is 17.5 Å². The van der Waals surface area contributed by atoms with E-state index in [2.05, 4.69) is 30.8 Å². The highest BCUT2D eigenvalue weighted by Crippen LogP contribution is 2.24. The van der Waals surface area contributed by atoms with Crippen LogP contribution in [0.5, 0.6) is 0 Å². The number of halogens is 2. The highest BCUT2D eigenvalue weighted by molar-refractivity contribution is 5.46. The second-order valence-electron chi connectivity index (χ2n) is 7.64. The third-order valence-corrected chi connectivity index (χ3v) is 5.45. The summed E-state index contributed by atoms with van der Waals surface area (Å²) < 4.78 is 27.8. The van der Waals surface area contributed by atoms with E-state index in [1.54, 1.807) is 13.2 Å². The monoisotopic (exact) mass is 391 g/mol. The first-order valence-corrected chi connectivity index (χ1v) is 9.88. The van der Waals surface area contributed by atoms with Crippen LogP contribution in [0.25, 0.3) is 0 Å². The molecule has 0 radical (unpaired) electrons. The van der Waals surface area contributed by atoms with Gasteiger partial charge in [-0.1, -0.05) is 0 Å². The molecule has 4 rings (SSSR count). The molecule has 4 heterocycles. The Labute approximate surface area is 164 Å². The summed E-state index contributed by atoms with van der Waals surface area (Å²) >= 11 is 0. The van der Waals surface area contributed by atoms with E-state index in [1.807, 2.05) is 6.92 Å². The summed E-state index contributed by atoms with van der Waals surface area (Å²) in [5, 5.41) is 3.90. The fourth-order valence-electron chi connectivity index (χ4n) is 3.99. The lowest BCUT2D eigenvalue weighted by molar-refractivity contribution is 0.142. The average molecular weight is 391 g/mol. The zero-order valence-electron chi connectivity index (χ0n) is 16.5. The quantitative estimate of drug-likeness (QED) is 0.780.